The normalized spacial score (nSPS) is 10.3. The van der Waals surface area contributed by atoms with E-state index in [0.717, 1.165) is 19.4 Å². The Balaban J connectivity index is 2.37. The molecule has 1 aromatic rings. The third-order valence-electron chi connectivity index (χ3n) is 2.04. The first-order valence-corrected chi connectivity index (χ1v) is 5.30. The fraction of sp³-hybridized carbons (Fsp3) is 0.455. The summed E-state index contributed by atoms with van der Waals surface area (Å²) in [5, 5.41) is 3.40. The van der Waals surface area contributed by atoms with E-state index in [-0.39, 0.29) is 5.82 Å². The van der Waals surface area contributed by atoms with E-state index in [4.69, 9.17) is 16.3 Å². The molecule has 2 nitrogen and oxygen atoms in total. The Kier molecular flexibility index (Phi) is 5.43. The maximum atomic E-state index is 13.3. The Morgan fingerprint density at radius 3 is 2.87 bits per heavy atom. The summed E-state index contributed by atoms with van der Waals surface area (Å²) in [7, 11) is 1.67. The van der Waals surface area contributed by atoms with Crippen molar-refractivity contribution in [3.05, 3.63) is 29.0 Å². The van der Waals surface area contributed by atoms with Gasteiger partial charge in [0.05, 0.1) is 10.7 Å². The molecule has 1 rings (SSSR count). The Labute approximate surface area is 94.4 Å². The van der Waals surface area contributed by atoms with Gasteiger partial charge >= 0.3 is 0 Å². The number of hydrogen-bond donors (Lipinski definition) is 1. The van der Waals surface area contributed by atoms with Crippen LogP contribution in [0.3, 0.4) is 0 Å². The Morgan fingerprint density at radius 1 is 1.40 bits per heavy atom. The average molecular weight is 232 g/mol. The van der Waals surface area contributed by atoms with Crippen molar-refractivity contribution in [3.8, 4) is 0 Å². The number of nitrogens with one attached hydrogen (secondary N) is 1. The molecule has 0 unspecified atom stereocenters. The van der Waals surface area contributed by atoms with Gasteiger partial charge in [0.15, 0.2) is 0 Å². The first-order chi connectivity index (χ1) is 7.25. The molecule has 0 spiro atoms. The number of anilines is 1. The van der Waals surface area contributed by atoms with E-state index in [2.05, 4.69) is 5.32 Å². The lowest BCUT2D eigenvalue weighted by Crippen LogP contribution is -2.05. The smallest absolute Gasteiger partial charge is 0.147 e. The number of ether oxygens (including phenoxy) is 1. The van der Waals surface area contributed by atoms with Crippen LogP contribution < -0.4 is 5.32 Å². The second kappa shape index (κ2) is 6.64. The molecule has 15 heavy (non-hydrogen) atoms. The minimum absolute atomic E-state index is 0.311. The van der Waals surface area contributed by atoms with Crippen molar-refractivity contribution in [2.24, 2.45) is 0 Å². The van der Waals surface area contributed by atoms with E-state index in [9.17, 15) is 4.39 Å². The van der Waals surface area contributed by atoms with Crippen LogP contribution in [0.2, 0.25) is 5.02 Å². The summed E-state index contributed by atoms with van der Waals surface area (Å²) in [6, 6.07) is 4.65. The van der Waals surface area contributed by atoms with Crippen molar-refractivity contribution < 1.29 is 9.13 Å². The SMILES string of the molecule is COCCCCNc1c(F)cccc1Cl. The van der Waals surface area contributed by atoms with Crippen LogP contribution in [0, 0.1) is 5.82 Å². The molecule has 0 aliphatic rings. The van der Waals surface area contributed by atoms with E-state index < -0.39 is 0 Å². The largest absolute Gasteiger partial charge is 0.385 e. The zero-order chi connectivity index (χ0) is 11.1. The summed E-state index contributed by atoms with van der Waals surface area (Å²) in [5.41, 5.74) is 0.386. The van der Waals surface area contributed by atoms with Crippen LogP contribution in [0.4, 0.5) is 10.1 Å². The van der Waals surface area contributed by atoms with Crippen LogP contribution in [-0.4, -0.2) is 20.3 Å². The molecule has 0 saturated heterocycles. The van der Waals surface area contributed by atoms with E-state index in [0.29, 0.717) is 17.3 Å². The molecule has 0 radical (unpaired) electrons. The standard InChI is InChI=1S/C11H15ClFNO/c1-15-8-3-2-7-14-11-9(12)5-4-6-10(11)13/h4-6,14H,2-3,7-8H2,1H3. The van der Waals surface area contributed by atoms with Gasteiger partial charge < -0.3 is 10.1 Å². The molecule has 0 atom stereocenters. The Bertz CT molecular complexity index is 286. The lowest BCUT2D eigenvalue weighted by atomic mass is 10.2. The lowest BCUT2D eigenvalue weighted by molar-refractivity contribution is 0.194. The summed E-state index contributed by atoms with van der Waals surface area (Å²) >= 11 is 5.84. The highest BCUT2D eigenvalue weighted by Gasteiger charge is 2.04. The van der Waals surface area contributed by atoms with Gasteiger partial charge in [-0.2, -0.15) is 0 Å². The summed E-state index contributed by atoms with van der Waals surface area (Å²) in [4.78, 5) is 0. The second-order valence-corrected chi connectivity index (χ2v) is 3.63. The van der Waals surface area contributed by atoms with Crippen molar-refractivity contribution in [1.82, 2.24) is 0 Å². The van der Waals surface area contributed by atoms with Crippen molar-refractivity contribution in [1.29, 1.82) is 0 Å². The zero-order valence-corrected chi connectivity index (χ0v) is 9.48. The lowest BCUT2D eigenvalue weighted by Gasteiger charge is -2.08. The van der Waals surface area contributed by atoms with Gasteiger partial charge in [-0.05, 0) is 25.0 Å². The molecule has 1 aromatic carbocycles. The molecule has 84 valence electrons. The summed E-state index contributed by atoms with van der Waals surface area (Å²) in [5.74, 6) is -0.311. The van der Waals surface area contributed by atoms with Gasteiger partial charge in [0.2, 0.25) is 0 Å². The number of para-hydroxylation sites is 1. The maximum Gasteiger partial charge on any atom is 0.147 e. The molecule has 0 fully saturated rings. The van der Waals surface area contributed by atoms with Crippen LogP contribution >= 0.6 is 11.6 Å². The van der Waals surface area contributed by atoms with Crippen molar-refractivity contribution in [2.75, 3.05) is 25.6 Å². The summed E-state index contributed by atoms with van der Waals surface area (Å²) in [6.45, 7) is 1.43. The van der Waals surface area contributed by atoms with Crippen LogP contribution in [0.25, 0.3) is 0 Å². The Morgan fingerprint density at radius 2 is 2.20 bits per heavy atom. The van der Waals surface area contributed by atoms with Crippen molar-refractivity contribution in [3.63, 3.8) is 0 Å². The second-order valence-electron chi connectivity index (χ2n) is 3.22. The Hall–Kier alpha value is -0.800. The summed E-state index contributed by atoms with van der Waals surface area (Å²) in [6.07, 6.45) is 1.88. The van der Waals surface area contributed by atoms with Crippen LogP contribution in [0.15, 0.2) is 18.2 Å². The van der Waals surface area contributed by atoms with Gasteiger partial charge in [-0.3, -0.25) is 0 Å². The van der Waals surface area contributed by atoms with Gasteiger partial charge in [-0.1, -0.05) is 17.7 Å². The fourth-order valence-electron chi connectivity index (χ4n) is 1.25. The number of rotatable bonds is 6. The first kappa shape index (κ1) is 12.3. The molecular formula is C11H15ClFNO. The fourth-order valence-corrected chi connectivity index (χ4v) is 1.48. The predicted octanol–water partition coefficient (Wildman–Crippen LogP) is 3.32. The molecule has 0 heterocycles. The first-order valence-electron chi connectivity index (χ1n) is 4.92. The third kappa shape index (κ3) is 4.06. The van der Waals surface area contributed by atoms with Gasteiger partial charge in [0.1, 0.15) is 5.82 Å². The molecule has 0 bridgehead atoms. The molecular weight excluding hydrogens is 217 g/mol. The van der Waals surface area contributed by atoms with Crippen LogP contribution in [-0.2, 0) is 4.74 Å². The van der Waals surface area contributed by atoms with Gasteiger partial charge in [-0.25, -0.2) is 4.39 Å². The number of hydrogen-bond acceptors (Lipinski definition) is 2. The average Bonchev–Trinajstić information content (AvgIpc) is 2.21. The number of halogens is 2. The van der Waals surface area contributed by atoms with Crippen molar-refractivity contribution in [2.45, 2.75) is 12.8 Å². The summed E-state index contributed by atoms with van der Waals surface area (Å²) < 4.78 is 18.2. The molecule has 0 amide bonds. The highest BCUT2D eigenvalue weighted by molar-refractivity contribution is 6.33. The van der Waals surface area contributed by atoms with Crippen LogP contribution in [0.1, 0.15) is 12.8 Å². The van der Waals surface area contributed by atoms with E-state index >= 15 is 0 Å². The van der Waals surface area contributed by atoms with E-state index in [1.165, 1.54) is 6.07 Å². The number of methoxy groups -OCH3 is 1. The predicted molar refractivity (Wildman–Crippen MR) is 61.0 cm³/mol. The maximum absolute atomic E-state index is 13.3. The molecule has 0 aliphatic carbocycles. The third-order valence-corrected chi connectivity index (χ3v) is 2.35. The van der Waals surface area contributed by atoms with Gasteiger partial charge in [-0.15, -0.1) is 0 Å². The number of benzene rings is 1. The van der Waals surface area contributed by atoms with Gasteiger partial charge in [0, 0.05) is 20.3 Å². The van der Waals surface area contributed by atoms with Crippen molar-refractivity contribution >= 4 is 17.3 Å². The minimum Gasteiger partial charge on any atom is -0.385 e. The molecule has 0 aromatic heterocycles. The van der Waals surface area contributed by atoms with E-state index in [1.54, 1.807) is 19.2 Å². The monoisotopic (exact) mass is 231 g/mol. The highest BCUT2D eigenvalue weighted by Crippen LogP contribution is 2.24. The zero-order valence-electron chi connectivity index (χ0n) is 8.72. The quantitative estimate of drug-likeness (QED) is 0.759. The van der Waals surface area contributed by atoms with Crippen LogP contribution in [0.5, 0.6) is 0 Å². The topological polar surface area (TPSA) is 21.3 Å². The molecule has 4 heteroatoms. The highest BCUT2D eigenvalue weighted by atomic mass is 35.5. The minimum atomic E-state index is -0.311. The molecule has 1 N–H and O–H groups in total. The van der Waals surface area contributed by atoms with E-state index in [1.807, 2.05) is 0 Å². The molecule has 0 saturated carbocycles. The molecule has 0 aliphatic heterocycles. The van der Waals surface area contributed by atoms with Gasteiger partial charge in [0.25, 0.3) is 0 Å². The number of unbranched alkanes of at least 4 members (excludes halogenated alkanes) is 1.